The molecule has 0 saturated heterocycles. The Morgan fingerprint density at radius 1 is 1.25 bits per heavy atom. The van der Waals surface area contributed by atoms with Crippen molar-refractivity contribution in [2.45, 2.75) is 51.0 Å². The molecule has 1 aromatic carbocycles. The number of rotatable bonds is 5. The minimum absolute atomic E-state index is 0.209. The first-order valence-electron chi connectivity index (χ1n) is 7.75. The summed E-state index contributed by atoms with van der Waals surface area (Å²) in [4.78, 5) is 12.9. The van der Waals surface area contributed by atoms with Crippen molar-refractivity contribution in [2.24, 2.45) is 11.1 Å². The molecule has 0 bridgehead atoms. The summed E-state index contributed by atoms with van der Waals surface area (Å²) in [5.74, 6) is 1.03. The molecule has 2 aliphatic rings. The maximum Gasteiger partial charge on any atom is 0.170 e. The molecular weight excluding hydrogens is 250 g/mol. The van der Waals surface area contributed by atoms with Crippen LogP contribution in [0.4, 0.5) is 0 Å². The lowest BCUT2D eigenvalue weighted by Gasteiger charge is -2.34. The van der Waals surface area contributed by atoms with Gasteiger partial charge in [0.05, 0.1) is 6.10 Å². The molecule has 0 atom stereocenters. The Hall–Kier alpha value is -1.35. The summed E-state index contributed by atoms with van der Waals surface area (Å²) in [6.45, 7) is 0.458. The van der Waals surface area contributed by atoms with Gasteiger partial charge in [0, 0.05) is 17.5 Å². The fraction of sp³-hybridized carbons (Fsp3) is 0.588. The second-order valence-corrected chi connectivity index (χ2v) is 6.22. The number of carbonyl (C=O) groups is 1. The Balaban J connectivity index is 1.80. The highest BCUT2D eigenvalue weighted by Gasteiger charge is 2.38. The summed E-state index contributed by atoms with van der Waals surface area (Å²) in [5.41, 5.74) is 6.38. The van der Waals surface area contributed by atoms with Crippen LogP contribution in [0.2, 0.25) is 0 Å². The third kappa shape index (κ3) is 2.73. The summed E-state index contributed by atoms with van der Waals surface area (Å²) in [5, 5.41) is 0. The zero-order valence-corrected chi connectivity index (χ0v) is 11.9. The second-order valence-electron chi connectivity index (χ2n) is 6.22. The summed E-state index contributed by atoms with van der Waals surface area (Å²) in [7, 11) is 0. The van der Waals surface area contributed by atoms with Crippen molar-refractivity contribution in [3.8, 4) is 5.75 Å². The van der Waals surface area contributed by atoms with Gasteiger partial charge in [0.1, 0.15) is 5.75 Å². The largest absolute Gasteiger partial charge is 0.490 e. The van der Waals surface area contributed by atoms with Crippen LogP contribution in [-0.4, -0.2) is 18.4 Å². The number of nitrogens with two attached hydrogens (primary N) is 1. The van der Waals surface area contributed by atoms with E-state index in [0.717, 1.165) is 49.8 Å². The molecule has 3 nitrogen and oxygen atoms in total. The molecule has 0 amide bonds. The zero-order valence-electron chi connectivity index (χ0n) is 11.9. The van der Waals surface area contributed by atoms with Crippen LogP contribution >= 0.6 is 0 Å². The molecule has 20 heavy (non-hydrogen) atoms. The van der Waals surface area contributed by atoms with Crippen LogP contribution in [0.15, 0.2) is 24.3 Å². The Labute approximate surface area is 120 Å². The third-order valence-electron chi connectivity index (χ3n) is 4.61. The van der Waals surface area contributed by atoms with Gasteiger partial charge in [0.15, 0.2) is 5.78 Å². The smallest absolute Gasteiger partial charge is 0.170 e. The lowest BCUT2D eigenvalue weighted by molar-refractivity contribution is 0.0729. The number of ether oxygens (including phenoxy) is 1. The van der Waals surface area contributed by atoms with Crippen molar-refractivity contribution in [3.05, 3.63) is 29.8 Å². The van der Waals surface area contributed by atoms with Crippen molar-refractivity contribution in [3.63, 3.8) is 0 Å². The molecule has 0 aliphatic heterocycles. The van der Waals surface area contributed by atoms with Crippen molar-refractivity contribution in [1.29, 1.82) is 0 Å². The highest BCUT2D eigenvalue weighted by Crippen LogP contribution is 2.39. The summed E-state index contributed by atoms with van der Waals surface area (Å²) >= 11 is 0. The molecule has 2 fully saturated rings. The van der Waals surface area contributed by atoms with Crippen LogP contribution in [0.5, 0.6) is 5.75 Å². The highest BCUT2D eigenvalue weighted by molar-refractivity contribution is 6.01. The van der Waals surface area contributed by atoms with Crippen LogP contribution in [0.1, 0.15) is 55.3 Å². The summed E-state index contributed by atoms with van der Waals surface area (Å²) in [6, 6.07) is 7.64. The van der Waals surface area contributed by atoms with Gasteiger partial charge in [-0.05, 0) is 37.8 Å². The lowest BCUT2D eigenvalue weighted by Crippen LogP contribution is -2.40. The number of carbonyl (C=O) groups excluding carboxylic acids is 1. The number of hydrogen-bond donors (Lipinski definition) is 1. The molecule has 2 saturated carbocycles. The SMILES string of the molecule is NCC1(C(=O)c2cccc(OC3CC3)c2)CCCCC1. The first kappa shape index (κ1) is 13.6. The normalized spacial score (nSPS) is 21.4. The summed E-state index contributed by atoms with van der Waals surface area (Å²) in [6.07, 6.45) is 7.92. The van der Waals surface area contributed by atoms with Crippen LogP contribution in [0.3, 0.4) is 0 Å². The Morgan fingerprint density at radius 2 is 2.00 bits per heavy atom. The molecular formula is C17H23NO2. The highest BCUT2D eigenvalue weighted by atomic mass is 16.5. The van der Waals surface area contributed by atoms with Gasteiger partial charge in [0.2, 0.25) is 0 Å². The summed E-state index contributed by atoms with van der Waals surface area (Å²) < 4.78 is 5.79. The van der Waals surface area contributed by atoms with E-state index in [2.05, 4.69) is 0 Å². The Bertz CT molecular complexity index is 488. The molecule has 2 aliphatic carbocycles. The fourth-order valence-corrected chi connectivity index (χ4v) is 3.15. The maximum absolute atomic E-state index is 12.9. The molecule has 1 aromatic rings. The fourth-order valence-electron chi connectivity index (χ4n) is 3.15. The van der Waals surface area contributed by atoms with Crippen molar-refractivity contribution < 1.29 is 9.53 Å². The molecule has 3 heteroatoms. The molecule has 0 radical (unpaired) electrons. The van der Waals surface area contributed by atoms with Crippen molar-refractivity contribution in [1.82, 2.24) is 0 Å². The van der Waals surface area contributed by atoms with Gasteiger partial charge in [0.25, 0.3) is 0 Å². The van der Waals surface area contributed by atoms with Gasteiger partial charge in [-0.25, -0.2) is 0 Å². The number of ketones is 1. The maximum atomic E-state index is 12.9. The van der Waals surface area contributed by atoms with E-state index in [9.17, 15) is 4.79 Å². The first-order chi connectivity index (χ1) is 9.73. The van der Waals surface area contributed by atoms with Gasteiger partial charge >= 0.3 is 0 Å². The second kappa shape index (κ2) is 5.57. The van der Waals surface area contributed by atoms with Crippen LogP contribution in [0, 0.1) is 5.41 Å². The Morgan fingerprint density at radius 3 is 2.65 bits per heavy atom. The molecule has 0 aromatic heterocycles. The minimum Gasteiger partial charge on any atom is -0.490 e. The predicted molar refractivity (Wildman–Crippen MR) is 79.0 cm³/mol. The average molecular weight is 273 g/mol. The van der Waals surface area contributed by atoms with E-state index in [0.29, 0.717) is 12.6 Å². The molecule has 3 rings (SSSR count). The molecule has 0 unspecified atom stereocenters. The number of Topliss-reactive ketones (excluding diaryl/α,β-unsaturated/α-hetero) is 1. The van der Waals surface area contributed by atoms with Crippen LogP contribution < -0.4 is 10.5 Å². The minimum atomic E-state index is -0.337. The van der Waals surface area contributed by atoms with E-state index in [1.165, 1.54) is 6.42 Å². The third-order valence-corrected chi connectivity index (χ3v) is 4.61. The number of benzene rings is 1. The monoisotopic (exact) mass is 273 g/mol. The molecule has 0 spiro atoms. The van der Waals surface area contributed by atoms with Gasteiger partial charge in [-0.3, -0.25) is 4.79 Å². The molecule has 0 heterocycles. The van der Waals surface area contributed by atoms with Gasteiger partial charge < -0.3 is 10.5 Å². The van der Waals surface area contributed by atoms with E-state index in [1.807, 2.05) is 24.3 Å². The van der Waals surface area contributed by atoms with E-state index in [-0.39, 0.29) is 11.2 Å². The van der Waals surface area contributed by atoms with E-state index >= 15 is 0 Å². The van der Waals surface area contributed by atoms with E-state index < -0.39 is 0 Å². The zero-order chi connectivity index (χ0) is 14.0. The van der Waals surface area contributed by atoms with Gasteiger partial charge in [-0.2, -0.15) is 0 Å². The topological polar surface area (TPSA) is 52.3 Å². The average Bonchev–Trinajstić information content (AvgIpc) is 3.31. The van der Waals surface area contributed by atoms with E-state index in [4.69, 9.17) is 10.5 Å². The van der Waals surface area contributed by atoms with Gasteiger partial charge in [-0.1, -0.05) is 31.4 Å². The molecule has 2 N–H and O–H groups in total. The first-order valence-corrected chi connectivity index (χ1v) is 7.75. The lowest BCUT2D eigenvalue weighted by atomic mass is 9.69. The predicted octanol–water partition coefficient (Wildman–Crippen LogP) is 3.32. The van der Waals surface area contributed by atoms with Crippen molar-refractivity contribution >= 4 is 5.78 Å². The van der Waals surface area contributed by atoms with Gasteiger partial charge in [-0.15, -0.1) is 0 Å². The molecule has 108 valence electrons. The standard InChI is InChI=1S/C17H23NO2/c18-12-17(9-2-1-3-10-17)16(19)13-5-4-6-15(11-13)20-14-7-8-14/h4-6,11,14H,1-3,7-10,12,18H2. The van der Waals surface area contributed by atoms with Crippen molar-refractivity contribution in [2.75, 3.05) is 6.54 Å². The van der Waals surface area contributed by atoms with E-state index in [1.54, 1.807) is 0 Å². The quantitative estimate of drug-likeness (QED) is 0.837. The van der Waals surface area contributed by atoms with Crippen LogP contribution in [-0.2, 0) is 0 Å². The van der Waals surface area contributed by atoms with Crippen LogP contribution in [0.25, 0.3) is 0 Å². The number of hydrogen-bond acceptors (Lipinski definition) is 3. The Kier molecular flexibility index (Phi) is 3.79.